The molecule has 0 aliphatic carbocycles. The molecule has 108 valence electrons. The number of nitrogens with zero attached hydrogens (tertiary/aromatic N) is 3. The zero-order valence-corrected chi connectivity index (χ0v) is 12.6. The van der Waals surface area contributed by atoms with Crippen LogP contribution in [0.25, 0.3) is 11.0 Å². The quantitative estimate of drug-likeness (QED) is 0.362. The fourth-order valence-corrected chi connectivity index (χ4v) is 2.50. The van der Waals surface area contributed by atoms with Crippen LogP contribution in [0.15, 0.2) is 22.2 Å². The molecule has 0 fully saturated rings. The first kappa shape index (κ1) is 15.3. The molecule has 2 aromatic rings. The first-order chi connectivity index (χ1) is 9.71. The van der Waals surface area contributed by atoms with Gasteiger partial charge in [-0.15, -0.1) is 0 Å². The van der Waals surface area contributed by atoms with Crippen LogP contribution in [0.2, 0.25) is 0 Å². The monoisotopic (exact) mass is 313 g/mol. The molecule has 0 aliphatic heterocycles. The van der Waals surface area contributed by atoms with Crippen molar-refractivity contribution in [3.8, 4) is 0 Å². The van der Waals surface area contributed by atoms with Crippen LogP contribution in [0.4, 0.5) is 0 Å². The van der Waals surface area contributed by atoms with Crippen molar-refractivity contribution < 1.29 is 9.66 Å². The zero-order valence-electron chi connectivity index (χ0n) is 10.9. The second-order valence-electron chi connectivity index (χ2n) is 4.11. The summed E-state index contributed by atoms with van der Waals surface area (Å²) in [5, 5.41) is 10.6. The molecule has 0 atom stereocenters. The molecule has 0 saturated heterocycles. The average molecular weight is 313 g/mol. The van der Waals surface area contributed by atoms with Gasteiger partial charge in [0.15, 0.2) is 5.16 Å². The van der Waals surface area contributed by atoms with Gasteiger partial charge in [-0.1, -0.05) is 11.8 Å². The van der Waals surface area contributed by atoms with E-state index in [2.05, 4.69) is 9.97 Å². The molecule has 2 aromatic heterocycles. The van der Waals surface area contributed by atoms with Gasteiger partial charge in [-0.25, -0.2) is 9.97 Å². The largest absolute Gasteiger partial charge is 0.391 e. The van der Waals surface area contributed by atoms with E-state index in [4.69, 9.17) is 4.55 Å². The Bertz CT molecular complexity index is 660. The Labute approximate surface area is 124 Å². The summed E-state index contributed by atoms with van der Waals surface area (Å²) in [6.45, 7) is 0.134. The second-order valence-corrected chi connectivity index (χ2v) is 5.55. The highest BCUT2D eigenvalue weighted by atomic mass is 32.2. The lowest BCUT2D eigenvalue weighted by Gasteiger charge is -2.11. The molecule has 2 heterocycles. The highest BCUT2D eigenvalue weighted by Gasteiger charge is 2.11. The van der Waals surface area contributed by atoms with Crippen molar-refractivity contribution in [2.75, 3.05) is 12.0 Å². The topological polar surface area (TPSA) is 88.2 Å². The molecule has 0 aromatic carbocycles. The molecule has 0 aliphatic rings. The van der Waals surface area contributed by atoms with Gasteiger partial charge in [-0.05, 0) is 30.8 Å². The number of fused-ring (bicyclic) bond motifs is 1. The third-order valence-corrected chi connectivity index (χ3v) is 3.88. The van der Waals surface area contributed by atoms with Gasteiger partial charge < -0.3 is 9.66 Å². The van der Waals surface area contributed by atoms with Crippen molar-refractivity contribution in [1.29, 1.82) is 0 Å². The number of hydrogen-bond acceptors (Lipinski definition) is 7. The second kappa shape index (κ2) is 7.07. The lowest BCUT2D eigenvalue weighted by Crippen LogP contribution is -2.25. The van der Waals surface area contributed by atoms with Crippen LogP contribution >= 0.6 is 23.8 Å². The van der Waals surface area contributed by atoms with E-state index in [9.17, 15) is 9.90 Å². The van der Waals surface area contributed by atoms with E-state index in [-0.39, 0.29) is 12.2 Å². The number of aromatic nitrogens is 3. The lowest BCUT2D eigenvalue weighted by atomic mass is 10.2. The van der Waals surface area contributed by atoms with E-state index in [1.807, 2.05) is 6.26 Å². The summed E-state index contributed by atoms with van der Waals surface area (Å²) >= 11 is 2.15. The Morgan fingerprint density at radius 1 is 1.45 bits per heavy atom. The Balaban J connectivity index is 2.58. The molecule has 20 heavy (non-hydrogen) atoms. The minimum atomic E-state index is -0.312. The Morgan fingerprint density at radius 3 is 2.90 bits per heavy atom. The first-order valence-corrected chi connectivity index (χ1v) is 8.18. The summed E-state index contributed by atoms with van der Waals surface area (Å²) in [6.07, 6.45) is 4.17. The smallest absolute Gasteiger partial charge is 0.257 e. The molecule has 0 spiro atoms. The molecule has 2 rings (SSSR count). The zero-order chi connectivity index (χ0) is 14.5. The Hall–Kier alpha value is -1.09. The predicted octanol–water partition coefficient (Wildman–Crippen LogP) is 1.60. The number of rotatable bonds is 6. The van der Waals surface area contributed by atoms with Gasteiger partial charge in [0.25, 0.3) is 5.56 Å². The SMILES string of the molecule is CSc1ncc2cc(CO)c(=O)n(CCCSO)c2n1. The normalized spacial score (nSPS) is 11.2. The van der Waals surface area contributed by atoms with E-state index in [1.165, 1.54) is 11.8 Å². The number of hydrogen-bond donors (Lipinski definition) is 2. The van der Waals surface area contributed by atoms with Crippen LogP contribution < -0.4 is 5.56 Å². The van der Waals surface area contributed by atoms with Gasteiger partial charge in [0.05, 0.1) is 6.61 Å². The highest BCUT2D eigenvalue weighted by Crippen LogP contribution is 2.16. The molecule has 0 unspecified atom stereocenters. The van der Waals surface area contributed by atoms with Gasteiger partial charge in [0.2, 0.25) is 0 Å². The lowest BCUT2D eigenvalue weighted by molar-refractivity contribution is 0.279. The van der Waals surface area contributed by atoms with Crippen LogP contribution in [-0.4, -0.2) is 36.2 Å². The maximum atomic E-state index is 12.3. The van der Waals surface area contributed by atoms with E-state index in [0.29, 0.717) is 35.1 Å². The van der Waals surface area contributed by atoms with Crippen molar-refractivity contribution in [3.05, 3.63) is 28.2 Å². The number of aliphatic hydroxyl groups excluding tert-OH is 1. The van der Waals surface area contributed by atoms with Gasteiger partial charge in [-0.2, -0.15) is 0 Å². The average Bonchev–Trinajstić information content (AvgIpc) is 2.48. The maximum Gasteiger partial charge on any atom is 0.257 e. The van der Waals surface area contributed by atoms with Gasteiger partial charge in [-0.3, -0.25) is 9.36 Å². The number of thioether (sulfide) groups is 1. The fraction of sp³-hybridized carbons (Fsp3) is 0.417. The van der Waals surface area contributed by atoms with E-state index >= 15 is 0 Å². The van der Waals surface area contributed by atoms with E-state index < -0.39 is 0 Å². The maximum absolute atomic E-state index is 12.3. The van der Waals surface area contributed by atoms with E-state index in [0.717, 1.165) is 17.4 Å². The summed E-state index contributed by atoms with van der Waals surface area (Å²) in [6, 6.07) is 1.62. The van der Waals surface area contributed by atoms with Crippen molar-refractivity contribution in [2.45, 2.75) is 24.7 Å². The van der Waals surface area contributed by atoms with Gasteiger partial charge in [0, 0.05) is 29.4 Å². The predicted molar refractivity (Wildman–Crippen MR) is 81.2 cm³/mol. The Kier molecular flexibility index (Phi) is 5.41. The van der Waals surface area contributed by atoms with Crippen molar-refractivity contribution in [1.82, 2.24) is 14.5 Å². The van der Waals surface area contributed by atoms with Crippen molar-refractivity contribution >= 4 is 34.8 Å². The van der Waals surface area contributed by atoms with Gasteiger partial charge in [0.1, 0.15) is 5.65 Å². The fourth-order valence-electron chi connectivity index (χ4n) is 1.91. The van der Waals surface area contributed by atoms with Gasteiger partial charge >= 0.3 is 0 Å². The molecular weight excluding hydrogens is 298 g/mol. The standard InChI is InChI=1S/C12H15N3O3S2/c1-19-12-13-6-8-5-9(7-16)11(17)15(10(8)14-12)3-2-4-20-18/h5-6,16,18H,2-4,7H2,1H3. The summed E-state index contributed by atoms with van der Waals surface area (Å²) in [4.78, 5) is 20.8. The summed E-state index contributed by atoms with van der Waals surface area (Å²) in [5.74, 6) is 0.539. The Morgan fingerprint density at radius 2 is 2.25 bits per heavy atom. The molecular formula is C12H15N3O3S2. The summed E-state index contributed by atoms with van der Waals surface area (Å²) in [5.41, 5.74) is 0.651. The summed E-state index contributed by atoms with van der Waals surface area (Å²) in [7, 11) is 0. The third kappa shape index (κ3) is 3.14. The first-order valence-electron chi connectivity index (χ1n) is 6.02. The highest BCUT2D eigenvalue weighted by molar-refractivity contribution is 7.98. The molecule has 6 nitrogen and oxygen atoms in total. The van der Waals surface area contributed by atoms with E-state index in [1.54, 1.807) is 16.8 Å². The van der Waals surface area contributed by atoms with Crippen molar-refractivity contribution in [3.63, 3.8) is 0 Å². The minimum absolute atomic E-state index is 0.242. The molecule has 0 saturated carbocycles. The van der Waals surface area contributed by atoms with Crippen LogP contribution in [0.5, 0.6) is 0 Å². The summed E-state index contributed by atoms with van der Waals surface area (Å²) < 4.78 is 10.3. The van der Waals surface area contributed by atoms with Crippen molar-refractivity contribution in [2.24, 2.45) is 0 Å². The van der Waals surface area contributed by atoms with Crippen LogP contribution in [0, 0.1) is 0 Å². The molecule has 0 radical (unpaired) electrons. The van der Waals surface area contributed by atoms with Crippen LogP contribution in [-0.2, 0) is 13.2 Å². The molecule has 0 amide bonds. The third-order valence-electron chi connectivity index (χ3n) is 2.85. The number of aliphatic hydroxyl groups is 1. The number of pyridine rings is 1. The van der Waals surface area contributed by atoms with Crippen LogP contribution in [0.3, 0.4) is 0 Å². The number of aryl methyl sites for hydroxylation is 1. The molecule has 2 N–H and O–H groups in total. The van der Waals surface area contributed by atoms with Crippen LogP contribution in [0.1, 0.15) is 12.0 Å². The minimum Gasteiger partial charge on any atom is -0.391 e. The molecule has 0 bridgehead atoms. The molecule has 8 heteroatoms.